The molecule has 1 amide bonds. The van der Waals surface area contributed by atoms with Crippen LogP contribution >= 0.6 is 11.6 Å². The minimum atomic E-state index is -0.673. The Bertz CT molecular complexity index is 851. The van der Waals surface area contributed by atoms with Crippen LogP contribution in [0.25, 0.3) is 5.69 Å². The fraction of sp³-hybridized carbons (Fsp3) is 0.111. The Labute approximate surface area is 149 Å². The molecule has 0 atom stereocenters. The molecule has 0 unspecified atom stereocenters. The van der Waals surface area contributed by atoms with Crippen LogP contribution < -0.4 is 14.8 Å². The molecule has 3 aromatic rings. The summed E-state index contributed by atoms with van der Waals surface area (Å²) in [6.07, 6.45) is -0.673. The van der Waals surface area contributed by atoms with Crippen molar-refractivity contribution in [2.45, 2.75) is 6.92 Å². The Balaban J connectivity index is 1.90. The molecule has 7 heteroatoms. The first-order valence-corrected chi connectivity index (χ1v) is 8.07. The zero-order valence-electron chi connectivity index (χ0n) is 13.5. The summed E-state index contributed by atoms with van der Waals surface area (Å²) >= 11 is 6.29. The molecule has 1 aromatic heterocycles. The van der Waals surface area contributed by atoms with Gasteiger partial charge in [-0.3, -0.25) is 5.32 Å². The smallest absolute Gasteiger partial charge is 0.418 e. The van der Waals surface area contributed by atoms with E-state index in [1.54, 1.807) is 12.1 Å². The molecule has 0 fully saturated rings. The molecule has 0 radical (unpaired) electrons. The number of nitrogens with one attached hydrogen (secondary N) is 1. The summed E-state index contributed by atoms with van der Waals surface area (Å²) in [6.45, 7) is 2.21. The summed E-state index contributed by atoms with van der Waals surface area (Å²) in [5.41, 5.74) is 1.30. The first kappa shape index (κ1) is 16.9. The third kappa shape index (κ3) is 3.92. The largest absolute Gasteiger partial charge is 0.476 e. The van der Waals surface area contributed by atoms with Gasteiger partial charge in [0.25, 0.3) is 11.8 Å². The maximum atomic E-state index is 12.2. The zero-order valence-corrected chi connectivity index (χ0v) is 14.2. The van der Waals surface area contributed by atoms with E-state index in [-0.39, 0.29) is 16.8 Å². The van der Waals surface area contributed by atoms with E-state index in [4.69, 9.17) is 21.1 Å². The van der Waals surface area contributed by atoms with Crippen LogP contribution in [0, 0.1) is 0 Å². The predicted octanol–water partition coefficient (Wildman–Crippen LogP) is 4.54. The number of aromatic nitrogens is 2. The molecule has 1 heterocycles. The van der Waals surface area contributed by atoms with Crippen LogP contribution in [-0.4, -0.2) is 22.5 Å². The number of para-hydroxylation sites is 2. The minimum absolute atomic E-state index is 0.0877. The lowest BCUT2D eigenvalue weighted by molar-refractivity contribution is 0.212. The molecule has 1 N–H and O–H groups in total. The number of ether oxygens (including phenoxy) is 2. The number of anilines is 1. The van der Waals surface area contributed by atoms with Crippen LogP contribution in [0.3, 0.4) is 0 Å². The standard InChI is InChI=1S/C18H16ClN3O3/c1-2-24-16-15(19)17(22(21-16)14-11-7-4-8-12-14)25-18(23)20-13-9-5-3-6-10-13/h3-12H,2H2,1H3,(H,20,23). The van der Waals surface area contributed by atoms with Crippen molar-refractivity contribution >= 4 is 23.4 Å². The number of amides is 1. The lowest BCUT2D eigenvalue weighted by Gasteiger charge is -2.09. The molecule has 0 spiro atoms. The van der Waals surface area contributed by atoms with Crippen molar-refractivity contribution in [3.05, 3.63) is 65.7 Å². The second-order valence-electron chi connectivity index (χ2n) is 4.99. The van der Waals surface area contributed by atoms with Gasteiger partial charge in [0.05, 0.1) is 12.3 Å². The van der Waals surface area contributed by atoms with Gasteiger partial charge < -0.3 is 9.47 Å². The first-order chi connectivity index (χ1) is 12.2. The molecular weight excluding hydrogens is 342 g/mol. The first-order valence-electron chi connectivity index (χ1n) is 7.69. The Morgan fingerprint density at radius 3 is 2.40 bits per heavy atom. The van der Waals surface area contributed by atoms with Crippen LogP contribution in [0.4, 0.5) is 10.5 Å². The van der Waals surface area contributed by atoms with Gasteiger partial charge in [-0.1, -0.05) is 48.0 Å². The summed E-state index contributed by atoms with van der Waals surface area (Å²) < 4.78 is 12.2. The van der Waals surface area contributed by atoms with Crippen LogP contribution in [0.1, 0.15) is 6.92 Å². The van der Waals surface area contributed by atoms with Gasteiger partial charge in [-0.15, -0.1) is 5.10 Å². The van der Waals surface area contributed by atoms with Gasteiger partial charge in [0, 0.05) is 5.69 Å². The SMILES string of the molecule is CCOc1nn(-c2ccccc2)c(OC(=O)Nc2ccccc2)c1Cl. The van der Waals surface area contributed by atoms with Crippen LogP contribution in [0.15, 0.2) is 60.7 Å². The third-order valence-electron chi connectivity index (χ3n) is 3.25. The number of hydrogen-bond acceptors (Lipinski definition) is 4. The van der Waals surface area contributed by atoms with Crippen molar-refractivity contribution in [1.29, 1.82) is 0 Å². The van der Waals surface area contributed by atoms with Gasteiger partial charge in [-0.25, -0.2) is 4.79 Å². The Morgan fingerprint density at radius 1 is 1.12 bits per heavy atom. The Morgan fingerprint density at radius 2 is 1.76 bits per heavy atom. The monoisotopic (exact) mass is 357 g/mol. The highest BCUT2D eigenvalue weighted by atomic mass is 35.5. The number of hydrogen-bond donors (Lipinski definition) is 1. The predicted molar refractivity (Wildman–Crippen MR) is 95.8 cm³/mol. The second kappa shape index (κ2) is 7.72. The molecule has 0 saturated carbocycles. The third-order valence-corrected chi connectivity index (χ3v) is 3.57. The van der Waals surface area contributed by atoms with Gasteiger partial charge in [-0.05, 0) is 31.2 Å². The van der Waals surface area contributed by atoms with Gasteiger partial charge >= 0.3 is 6.09 Å². The van der Waals surface area contributed by atoms with E-state index in [2.05, 4.69) is 10.4 Å². The molecule has 6 nitrogen and oxygen atoms in total. The van der Waals surface area contributed by atoms with Crippen LogP contribution in [0.5, 0.6) is 11.8 Å². The fourth-order valence-electron chi connectivity index (χ4n) is 2.18. The maximum Gasteiger partial charge on any atom is 0.418 e. The number of halogens is 1. The fourth-order valence-corrected chi connectivity index (χ4v) is 2.39. The van der Waals surface area contributed by atoms with E-state index in [0.29, 0.717) is 18.0 Å². The normalized spacial score (nSPS) is 10.3. The average molecular weight is 358 g/mol. The lowest BCUT2D eigenvalue weighted by atomic mass is 10.3. The van der Waals surface area contributed by atoms with E-state index in [1.165, 1.54) is 4.68 Å². The number of carbonyl (C=O) groups excluding carboxylic acids is 1. The number of nitrogens with zero attached hydrogens (tertiary/aromatic N) is 2. The number of carbonyl (C=O) groups is 1. The molecule has 0 bridgehead atoms. The second-order valence-corrected chi connectivity index (χ2v) is 5.36. The molecule has 3 rings (SSSR count). The highest BCUT2D eigenvalue weighted by Gasteiger charge is 2.22. The van der Waals surface area contributed by atoms with Crippen molar-refractivity contribution in [3.8, 4) is 17.4 Å². The molecular formula is C18H16ClN3O3. The zero-order chi connectivity index (χ0) is 17.6. The molecule has 0 aliphatic heterocycles. The van der Waals surface area contributed by atoms with E-state index in [1.807, 2.05) is 55.5 Å². The Kier molecular flexibility index (Phi) is 5.20. The quantitative estimate of drug-likeness (QED) is 0.728. The van der Waals surface area contributed by atoms with Gasteiger partial charge in [-0.2, -0.15) is 4.68 Å². The summed E-state index contributed by atoms with van der Waals surface area (Å²) in [5.74, 6) is 0.292. The number of benzene rings is 2. The van der Waals surface area contributed by atoms with Crippen LogP contribution in [-0.2, 0) is 0 Å². The summed E-state index contributed by atoms with van der Waals surface area (Å²) in [6, 6.07) is 18.2. The molecule has 25 heavy (non-hydrogen) atoms. The summed E-state index contributed by atoms with van der Waals surface area (Å²) in [7, 11) is 0. The van der Waals surface area contributed by atoms with Crippen molar-refractivity contribution in [3.63, 3.8) is 0 Å². The van der Waals surface area contributed by atoms with Gasteiger partial charge in [0.1, 0.15) is 0 Å². The summed E-state index contributed by atoms with van der Waals surface area (Å²) in [5, 5.41) is 7.06. The topological polar surface area (TPSA) is 65.4 Å². The maximum absolute atomic E-state index is 12.2. The van der Waals surface area contributed by atoms with Crippen molar-refractivity contribution in [2.24, 2.45) is 0 Å². The van der Waals surface area contributed by atoms with Gasteiger partial charge in [0.15, 0.2) is 5.02 Å². The molecule has 0 aliphatic rings. The molecule has 2 aromatic carbocycles. The lowest BCUT2D eigenvalue weighted by Crippen LogP contribution is -2.18. The van der Waals surface area contributed by atoms with E-state index in [0.717, 1.165) is 0 Å². The summed E-state index contributed by atoms with van der Waals surface area (Å²) in [4.78, 5) is 12.2. The highest BCUT2D eigenvalue weighted by Crippen LogP contribution is 2.36. The molecule has 0 aliphatic carbocycles. The minimum Gasteiger partial charge on any atom is -0.476 e. The van der Waals surface area contributed by atoms with Crippen LogP contribution in [0.2, 0.25) is 5.02 Å². The number of rotatable bonds is 5. The van der Waals surface area contributed by atoms with E-state index < -0.39 is 6.09 Å². The van der Waals surface area contributed by atoms with E-state index >= 15 is 0 Å². The highest BCUT2D eigenvalue weighted by molar-refractivity contribution is 6.33. The van der Waals surface area contributed by atoms with Crippen molar-refractivity contribution in [1.82, 2.24) is 9.78 Å². The van der Waals surface area contributed by atoms with E-state index in [9.17, 15) is 4.79 Å². The van der Waals surface area contributed by atoms with Gasteiger partial charge in [0.2, 0.25) is 0 Å². The molecule has 128 valence electrons. The van der Waals surface area contributed by atoms with Crippen molar-refractivity contribution < 1.29 is 14.3 Å². The Hall–Kier alpha value is -2.99. The molecule has 0 saturated heterocycles. The average Bonchev–Trinajstić information content (AvgIpc) is 2.93. The van der Waals surface area contributed by atoms with Crippen molar-refractivity contribution in [2.75, 3.05) is 11.9 Å².